The molecule has 2 fully saturated rings. The molecule has 3 nitrogen and oxygen atoms in total. The molecule has 0 aromatic carbocycles. The van der Waals surface area contributed by atoms with E-state index in [-0.39, 0.29) is 35.6 Å². The standard InChI is InChI=1S/C14H18O3/c1-6(2)8-5-9-7(3)4-10(8)12-11(9)13(15)17-14(12)16/h4,6,8-12H,5H2,1-3H3/t8-,9+,10+,11-,12+/m0/s1. The van der Waals surface area contributed by atoms with Crippen LogP contribution in [0.2, 0.25) is 0 Å². The maximum Gasteiger partial charge on any atom is 0.318 e. The lowest BCUT2D eigenvalue weighted by Crippen LogP contribution is -2.46. The lowest BCUT2D eigenvalue weighted by atomic mass is 9.54. The minimum Gasteiger partial charge on any atom is -0.393 e. The van der Waals surface area contributed by atoms with E-state index < -0.39 is 0 Å². The molecule has 17 heavy (non-hydrogen) atoms. The molecule has 2 bridgehead atoms. The van der Waals surface area contributed by atoms with E-state index in [0.717, 1.165) is 6.42 Å². The molecule has 0 unspecified atom stereocenters. The average molecular weight is 234 g/mol. The molecule has 3 aliphatic carbocycles. The number of ether oxygens (including phenoxy) is 1. The number of hydrogen-bond donors (Lipinski definition) is 0. The normalized spacial score (nSPS) is 43.8. The van der Waals surface area contributed by atoms with Crippen LogP contribution >= 0.6 is 0 Å². The zero-order chi connectivity index (χ0) is 12.3. The van der Waals surface area contributed by atoms with Gasteiger partial charge in [-0.05, 0) is 37.0 Å². The molecule has 1 aliphatic heterocycles. The number of allylic oxidation sites excluding steroid dienone is 2. The first-order chi connectivity index (χ1) is 8.00. The van der Waals surface area contributed by atoms with Gasteiger partial charge in [0.1, 0.15) is 0 Å². The molecule has 0 radical (unpaired) electrons. The van der Waals surface area contributed by atoms with Crippen molar-refractivity contribution in [1.82, 2.24) is 0 Å². The van der Waals surface area contributed by atoms with Crippen LogP contribution in [0.25, 0.3) is 0 Å². The molecule has 5 atom stereocenters. The van der Waals surface area contributed by atoms with Crippen molar-refractivity contribution >= 4 is 11.9 Å². The van der Waals surface area contributed by atoms with Crippen molar-refractivity contribution in [3.05, 3.63) is 11.6 Å². The van der Waals surface area contributed by atoms with Crippen molar-refractivity contribution in [2.24, 2.45) is 35.5 Å². The van der Waals surface area contributed by atoms with Gasteiger partial charge in [0.15, 0.2) is 0 Å². The molecule has 0 N–H and O–H groups in total. The van der Waals surface area contributed by atoms with Crippen LogP contribution in [0.4, 0.5) is 0 Å². The summed E-state index contributed by atoms with van der Waals surface area (Å²) in [4.78, 5) is 23.6. The van der Waals surface area contributed by atoms with Crippen LogP contribution < -0.4 is 0 Å². The van der Waals surface area contributed by atoms with Crippen LogP contribution in [-0.4, -0.2) is 11.9 Å². The number of hydrogen-bond acceptors (Lipinski definition) is 3. The highest BCUT2D eigenvalue weighted by Crippen LogP contribution is 2.55. The van der Waals surface area contributed by atoms with Crippen LogP contribution in [0.15, 0.2) is 11.6 Å². The molecule has 0 aromatic heterocycles. The van der Waals surface area contributed by atoms with E-state index in [4.69, 9.17) is 4.74 Å². The minimum atomic E-state index is -0.288. The first-order valence-electron chi connectivity index (χ1n) is 6.44. The molecule has 4 aliphatic rings. The van der Waals surface area contributed by atoms with Gasteiger partial charge in [-0.1, -0.05) is 25.5 Å². The summed E-state index contributed by atoms with van der Waals surface area (Å²) in [6.07, 6.45) is 3.26. The second-order valence-corrected chi connectivity index (χ2v) is 6.03. The lowest BCUT2D eigenvalue weighted by molar-refractivity contribution is -0.154. The average Bonchev–Trinajstić information content (AvgIpc) is 2.56. The zero-order valence-electron chi connectivity index (χ0n) is 10.5. The van der Waals surface area contributed by atoms with E-state index >= 15 is 0 Å². The number of rotatable bonds is 1. The van der Waals surface area contributed by atoms with Crippen LogP contribution in [0.5, 0.6) is 0 Å². The smallest absolute Gasteiger partial charge is 0.318 e. The Morgan fingerprint density at radius 3 is 2.53 bits per heavy atom. The first-order valence-corrected chi connectivity index (χ1v) is 6.44. The molecule has 0 amide bonds. The van der Waals surface area contributed by atoms with E-state index in [1.54, 1.807) is 0 Å². The van der Waals surface area contributed by atoms with Crippen molar-refractivity contribution < 1.29 is 14.3 Å². The number of fused-ring (bicyclic) bond motifs is 1. The van der Waals surface area contributed by atoms with Crippen LogP contribution in [0.3, 0.4) is 0 Å². The third-order valence-corrected chi connectivity index (χ3v) is 4.90. The van der Waals surface area contributed by atoms with Gasteiger partial charge >= 0.3 is 11.9 Å². The van der Waals surface area contributed by atoms with Gasteiger partial charge in [0, 0.05) is 0 Å². The number of esters is 2. The van der Waals surface area contributed by atoms with Crippen LogP contribution in [0.1, 0.15) is 27.2 Å². The van der Waals surface area contributed by atoms with Gasteiger partial charge in [-0.2, -0.15) is 0 Å². The third kappa shape index (κ3) is 1.34. The van der Waals surface area contributed by atoms with Gasteiger partial charge < -0.3 is 4.74 Å². The number of cyclic esters (lactones) is 2. The Morgan fingerprint density at radius 1 is 1.24 bits per heavy atom. The number of carbonyl (C=O) groups excluding carboxylic acids is 2. The molecule has 3 heteroatoms. The molecule has 1 saturated heterocycles. The predicted molar refractivity (Wildman–Crippen MR) is 61.8 cm³/mol. The lowest BCUT2D eigenvalue weighted by Gasteiger charge is -2.47. The largest absolute Gasteiger partial charge is 0.393 e. The van der Waals surface area contributed by atoms with Crippen LogP contribution in [0, 0.1) is 35.5 Å². The highest BCUT2D eigenvalue weighted by Gasteiger charge is 2.59. The maximum absolute atomic E-state index is 11.8. The maximum atomic E-state index is 11.8. The molecule has 92 valence electrons. The molecule has 4 rings (SSSR count). The predicted octanol–water partition coefficient (Wildman–Crippen LogP) is 2.17. The van der Waals surface area contributed by atoms with E-state index in [9.17, 15) is 9.59 Å². The molecule has 1 saturated carbocycles. The van der Waals surface area contributed by atoms with Gasteiger partial charge in [0.25, 0.3) is 0 Å². The van der Waals surface area contributed by atoms with Gasteiger partial charge in [-0.25, -0.2) is 0 Å². The van der Waals surface area contributed by atoms with E-state index in [1.807, 2.05) is 0 Å². The van der Waals surface area contributed by atoms with Gasteiger partial charge in [0.05, 0.1) is 11.8 Å². The van der Waals surface area contributed by atoms with Crippen molar-refractivity contribution in [2.45, 2.75) is 27.2 Å². The third-order valence-electron chi connectivity index (χ3n) is 4.90. The molecule has 0 spiro atoms. The summed E-state index contributed by atoms with van der Waals surface area (Å²) >= 11 is 0. The number of carbonyl (C=O) groups is 2. The van der Waals surface area contributed by atoms with Crippen molar-refractivity contribution in [3.63, 3.8) is 0 Å². The van der Waals surface area contributed by atoms with E-state index in [2.05, 4.69) is 26.8 Å². The molecular weight excluding hydrogens is 216 g/mol. The minimum absolute atomic E-state index is 0.188. The highest BCUT2D eigenvalue weighted by molar-refractivity contribution is 5.97. The summed E-state index contributed by atoms with van der Waals surface area (Å²) in [6.45, 7) is 6.48. The first kappa shape index (κ1) is 11.0. The SMILES string of the molecule is CC1=C[C@H]2[C@H]3C(=O)OC(=O)[C@H]3[C@@H]1C[C@H]2C(C)C. The van der Waals surface area contributed by atoms with E-state index in [0.29, 0.717) is 11.8 Å². The van der Waals surface area contributed by atoms with E-state index in [1.165, 1.54) is 5.57 Å². The Balaban J connectivity index is 2.04. The summed E-state index contributed by atoms with van der Waals surface area (Å²) in [7, 11) is 0. The highest BCUT2D eigenvalue weighted by atomic mass is 16.6. The fraction of sp³-hybridized carbons (Fsp3) is 0.714. The van der Waals surface area contributed by atoms with Crippen LogP contribution in [-0.2, 0) is 14.3 Å². The Hall–Kier alpha value is -1.12. The monoisotopic (exact) mass is 234 g/mol. The Bertz CT molecular complexity index is 421. The van der Waals surface area contributed by atoms with Gasteiger partial charge in [0.2, 0.25) is 0 Å². The van der Waals surface area contributed by atoms with Gasteiger partial charge in [-0.15, -0.1) is 0 Å². The Kier molecular flexibility index (Phi) is 2.22. The topological polar surface area (TPSA) is 43.4 Å². The summed E-state index contributed by atoms with van der Waals surface area (Å²) in [5.41, 5.74) is 1.28. The summed E-state index contributed by atoms with van der Waals surface area (Å²) in [5, 5.41) is 0. The second kappa shape index (κ2) is 3.44. The fourth-order valence-corrected chi connectivity index (χ4v) is 4.04. The van der Waals surface area contributed by atoms with Crippen molar-refractivity contribution in [3.8, 4) is 0 Å². The van der Waals surface area contributed by atoms with Crippen molar-refractivity contribution in [1.29, 1.82) is 0 Å². The summed E-state index contributed by atoms with van der Waals surface area (Å²) in [6, 6.07) is 0. The Morgan fingerprint density at radius 2 is 1.88 bits per heavy atom. The molecule has 1 heterocycles. The quantitative estimate of drug-likeness (QED) is 0.397. The molecular formula is C14H18O3. The van der Waals surface area contributed by atoms with Crippen molar-refractivity contribution in [2.75, 3.05) is 0 Å². The summed E-state index contributed by atoms with van der Waals surface area (Å²) < 4.78 is 4.85. The Labute approximate surface area is 101 Å². The summed E-state index contributed by atoms with van der Waals surface area (Å²) in [5.74, 6) is 0.554. The zero-order valence-corrected chi connectivity index (χ0v) is 10.5. The second-order valence-electron chi connectivity index (χ2n) is 6.03. The fourth-order valence-electron chi connectivity index (χ4n) is 4.04. The van der Waals surface area contributed by atoms with Gasteiger partial charge in [-0.3, -0.25) is 9.59 Å². The molecule has 0 aromatic rings.